The minimum Gasteiger partial charge on any atom is -0.373 e. The van der Waals surface area contributed by atoms with Crippen LogP contribution in [0.5, 0.6) is 0 Å². The maximum atomic E-state index is 13.5. The summed E-state index contributed by atoms with van der Waals surface area (Å²) in [5.74, 6) is -1.03. The zero-order chi connectivity index (χ0) is 20.3. The number of hydrogen-bond acceptors (Lipinski definition) is 2. The van der Waals surface area contributed by atoms with Gasteiger partial charge in [-0.15, -0.1) is 0 Å². The smallest absolute Gasteiger partial charge is 0.225 e. The van der Waals surface area contributed by atoms with Crippen molar-refractivity contribution in [1.29, 1.82) is 0 Å². The molecule has 3 nitrogen and oxygen atoms in total. The number of hydrogen-bond donors (Lipinski definition) is 0. The van der Waals surface area contributed by atoms with Crippen LogP contribution in [0.1, 0.15) is 45.3 Å². The summed E-state index contributed by atoms with van der Waals surface area (Å²) in [6.07, 6.45) is 1.50. The fourth-order valence-corrected chi connectivity index (χ4v) is 3.83. The average Bonchev–Trinajstić information content (AvgIpc) is 2.68. The van der Waals surface area contributed by atoms with E-state index in [0.717, 1.165) is 30.0 Å². The molecular weight excluding hydrogens is 360 g/mol. The van der Waals surface area contributed by atoms with Gasteiger partial charge in [-0.2, -0.15) is 0 Å². The van der Waals surface area contributed by atoms with Crippen molar-refractivity contribution in [1.82, 2.24) is 4.90 Å². The fourth-order valence-electron chi connectivity index (χ4n) is 3.83. The summed E-state index contributed by atoms with van der Waals surface area (Å²) < 4.78 is 32.9. The van der Waals surface area contributed by atoms with E-state index in [2.05, 4.69) is 0 Å². The van der Waals surface area contributed by atoms with E-state index in [1.54, 1.807) is 0 Å². The summed E-state index contributed by atoms with van der Waals surface area (Å²) in [6.45, 7) is 7.16. The molecule has 3 rings (SSSR count). The van der Waals surface area contributed by atoms with Crippen molar-refractivity contribution in [3.05, 3.63) is 59.7 Å². The lowest BCUT2D eigenvalue weighted by Gasteiger charge is -2.38. The van der Waals surface area contributed by atoms with Gasteiger partial charge >= 0.3 is 0 Å². The van der Waals surface area contributed by atoms with Gasteiger partial charge in [-0.25, -0.2) is 8.78 Å². The first kappa shape index (κ1) is 20.5. The zero-order valence-corrected chi connectivity index (χ0v) is 16.6. The highest BCUT2D eigenvalue weighted by Crippen LogP contribution is 2.32. The number of nitrogens with zero attached hydrogens (tertiary/aromatic N) is 1. The summed E-state index contributed by atoms with van der Waals surface area (Å²) in [7, 11) is 0. The Kier molecular flexibility index (Phi) is 6.45. The number of rotatable bonds is 5. The summed E-state index contributed by atoms with van der Waals surface area (Å²) in [6, 6.07) is 11.3. The first-order valence-corrected chi connectivity index (χ1v) is 9.87. The molecule has 0 aromatic heterocycles. The maximum Gasteiger partial charge on any atom is 0.225 e. The summed E-state index contributed by atoms with van der Waals surface area (Å²) in [5.41, 5.74) is 2.27. The van der Waals surface area contributed by atoms with Crippen molar-refractivity contribution in [2.45, 2.75) is 45.8 Å². The Labute approximate surface area is 165 Å². The Balaban J connectivity index is 1.75. The van der Waals surface area contributed by atoms with E-state index >= 15 is 0 Å². The van der Waals surface area contributed by atoms with Crippen molar-refractivity contribution in [2.24, 2.45) is 5.92 Å². The van der Waals surface area contributed by atoms with Crippen LogP contribution in [0.25, 0.3) is 11.1 Å². The minimum atomic E-state index is -0.591. The number of benzene rings is 2. The van der Waals surface area contributed by atoms with Crippen molar-refractivity contribution in [2.75, 3.05) is 13.2 Å². The van der Waals surface area contributed by atoms with Gasteiger partial charge in [-0.1, -0.05) is 38.1 Å². The summed E-state index contributed by atoms with van der Waals surface area (Å²) >= 11 is 0. The molecule has 1 aliphatic rings. The molecule has 150 valence electrons. The number of ether oxygens (including phenoxy) is 1. The topological polar surface area (TPSA) is 29.5 Å². The lowest BCUT2D eigenvalue weighted by Crippen LogP contribution is -2.45. The molecule has 1 aliphatic heterocycles. The third-order valence-electron chi connectivity index (χ3n) is 5.29. The van der Waals surface area contributed by atoms with Crippen molar-refractivity contribution >= 4 is 5.91 Å². The lowest BCUT2D eigenvalue weighted by atomic mass is 9.94. The predicted molar refractivity (Wildman–Crippen MR) is 106 cm³/mol. The average molecular weight is 387 g/mol. The molecule has 5 heteroatoms. The largest absolute Gasteiger partial charge is 0.373 e. The first-order valence-electron chi connectivity index (χ1n) is 9.87. The van der Waals surface area contributed by atoms with Crippen molar-refractivity contribution in [3.63, 3.8) is 0 Å². The normalized spacial score (nSPS) is 19.6. The zero-order valence-electron chi connectivity index (χ0n) is 16.6. The number of halogens is 2. The van der Waals surface area contributed by atoms with Gasteiger partial charge in [0.2, 0.25) is 5.91 Å². The number of amides is 1. The predicted octanol–water partition coefficient (Wildman–Crippen LogP) is 5.36. The van der Waals surface area contributed by atoms with Crippen LogP contribution >= 0.6 is 0 Å². The molecule has 0 saturated carbocycles. The van der Waals surface area contributed by atoms with Gasteiger partial charge in [-0.05, 0) is 48.6 Å². The van der Waals surface area contributed by atoms with Gasteiger partial charge < -0.3 is 9.64 Å². The Morgan fingerprint density at radius 2 is 1.75 bits per heavy atom. The highest BCUT2D eigenvalue weighted by atomic mass is 19.1. The maximum absolute atomic E-state index is 13.5. The van der Waals surface area contributed by atoms with Crippen LogP contribution < -0.4 is 0 Å². The molecule has 0 N–H and O–H groups in total. The summed E-state index contributed by atoms with van der Waals surface area (Å²) in [4.78, 5) is 14.5. The molecule has 0 aliphatic carbocycles. The molecular formula is C23H27F2NO2. The van der Waals surface area contributed by atoms with Gasteiger partial charge in [0.1, 0.15) is 11.6 Å². The molecule has 0 bridgehead atoms. The fraction of sp³-hybridized carbons (Fsp3) is 0.435. The van der Waals surface area contributed by atoms with Crippen LogP contribution in [-0.4, -0.2) is 30.0 Å². The molecule has 2 aromatic rings. The van der Waals surface area contributed by atoms with Gasteiger partial charge in [0, 0.05) is 31.2 Å². The molecule has 2 atom stereocenters. The van der Waals surface area contributed by atoms with Gasteiger partial charge in [0.25, 0.3) is 0 Å². The van der Waals surface area contributed by atoms with Crippen molar-refractivity contribution < 1.29 is 18.3 Å². The SMILES string of the molecule is CCN(C(=O)C(C)C)[C@H]1CCO[C@@H](c2ccc(-c3cc(F)cc(F)c3)cc2)C1. The third-order valence-corrected chi connectivity index (χ3v) is 5.29. The molecule has 1 saturated heterocycles. The van der Waals surface area contributed by atoms with E-state index in [1.165, 1.54) is 12.1 Å². The molecule has 1 heterocycles. The second-order valence-electron chi connectivity index (χ2n) is 7.60. The van der Waals surface area contributed by atoms with Gasteiger partial charge in [0.15, 0.2) is 0 Å². The second kappa shape index (κ2) is 8.82. The van der Waals surface area contributed by atoms with Crippen LogP contribution in [0.2, 0.25) is 0 Å². The highest BCUT2D eigenvalue weighted by Gasteiger charge is 2.31. The Morgan fingerprint density at radius 1 is 1.11 bits per heavy atom. The van der Waals surface area contributed by atoms with Gasteiger partial charge in [-0.3, -0.25) is 4.79 Å². The summed E-state index contributed by atoms with van der Waals surface area (Å²) in [5, 5.41) is 0. The minimum absolute atomic E-state index is 0.0211. The number of carbonyl (C=O) groups is 1. The van der Waals surface area contributed by atoms with Crippen LogP contribution in [0, 0.1) is 17.6 Å². The highest BCUT2D eigenvalue weighted by molar-refractivity contribution is 5.78. The first-order chi connectivity index (χ1) is 13.4. The molecule has 0 unspecified atom stereocenters. The van der Waals surface area contributed by atoms with Gasteiger partial charge in [0.05, 0.1) is 6.10 Å². The van der Waals surface area contributed by atoms with E-state index in [1.807, 2.05) is 49.9 Å². The van der Waals surface area contributed by atoms with E-state index in [9.17, 15) is 13.6 Å². The molecule has 0 spiro atoms. The monoisotopic (exact) mass is 387 g/mol. The van der Waals surface area contributed by atoms with Crippen LogP contribution in [-0.2, 0) is 9.53 Å². The van der Waals surface area contributed by atoms with Crippen molar-refractivity contribution in [3.8, 4) is 11.1 Å². The molecule has 2 aromatic carbocycles. The second-order valence-corrected chi connectivity index (χ2v) is 7.60. The number of carbonyl (C=O) groups excluding carboxylic acids is 1. The van der Waals surface area contributed by atoms with Crippen LogP contribution in [0.3, 0.4) is 0 Å². The lowest BCUT2D eigenvalue weighted by molar-refractivity contribution is -0.140. The Hall–Kier alpha value is -2.27. The van der Waals surface area contributed by atoms with E-state index < -0.39 is 11.6 Å². The molecule has 1 fully saturated rings. The molecule has 0 radical (unpaired) electrons. The standard InChI is InChI=1S/C23H27F2NO2/c1-4-26(23(27)15(2)3)21-9-10-28-22(14-21)17-7-5-16(6-8-17)18-11-19(24)13-20(25)12-18/h5-8,11-13,15,21-22H,4,9-10,14H2,1-3H3/t21-,22+/m0/s1. The Morgan fingerprint density at radius 3 is 2.32 bits per heavy atom. The third kappa shape index (κ3) is 4.58. The van der Waals surface area contributed by atoms with E-state index in [4.69, 9.17) is 4.74 Å². The van der Waals surface area contributed by atoms with Crippen LogP contribution in [0.15, 0.2) is 42.5 Å². The van der Waals surface area contributed by atoms with E-state index in [-0.39, 0.29) is 24.0 Å². The Bertz CT molecular complexity index is 800. The molecule has 28 heavy (non-hydrogen) atoms. The quantitative estimate of drug-likeness (QED) is 0.692. The molecule has 1 amide bonds. The van der Waals surface area contributed by atoms with E-state index in [0.29, 0.717) is 18.7 Å². The van der Waals surface area contributed by atoms with Crippen LogP contribution in [0.4, 0.5) is 8.78 Å².